The minimum Gasteiger partial charge on any atom is -0.348 e. The van der Waals surface area contributed by atoms with Crippen LogP contribution in [0.1, 0.15) is 34.5 Å². The summed E-state index contributed by atoms with van der Waals surface area (Å²) < 4.78 is 26.8. The van der Waals surface area contributed by atoms with Crippen LogP contribution in [0.25, 0.3) is 0 Å². The molecule has 0 aliphatic carbocycles. The minimum atomic E-state index is -0.781. The normalized spacial score (nSPS) is 14.8. The van der Waals surface area contributed by atoms with Gasteiger partial charge in [0.1, 0.15) is 18.2 Å². The lowest BCUT2D eigenvalue weighted by molar-refractivity contribution is -0.133. The number of hydrogen-bond donors (Lipinski definition) is 1. The molecule has 7 heteroatoms. The first kappa shape index (κ1) is 17.7. The van der Waals surface area contributed by atoms with Gasteiger partial charge in [-0.2, -0.15) is 0 Å². The Morgan fingerprint density at radius 1 is 1.19 bits per heavy atom. The third kappa shape index (κ3) is 3.46. The molecule has 0 saturated heterocycles. The number of nitrogens with zero attached hydrogens (tertiary/aromatic N) is 1. The highest BCUT2D eigenvalue weighted by Crippen LogP contribution is 2.20. The molecule has 0 saturated carbocycles. The van der Waals surface area contributed by atoms with Gasteiger partial charge in [-0.1, -0.05) is 24.3 Å². The van der Waals surface area contributed by atoms with Crippen molar-refractivity contribution >= 4 is 17.7 Å². The summed E-state index contributed by atoms with van der Waals surface area (Å²) in [5, 5.41) is 2.52. The lowest BCUT2D eigenvalue weighted by atomic mass is 9.98. The van der Waals surface area contributed by atoms with Crippen molar-refractivity contribution in [3.63, 3.8) is 0 Å². The van der Waals surface area contributed by atoms with Crippen molar-refractivity contribution in [3.8, 4) is 0 Å². The number of amides is 3. The second kappa shape index (κ2) is 7.03. The van der Waals surface area contributed by atoms with Crippen LogP contribution in [-0.2, 0) is 16.0 Å². The number of hydrogen-bond acceptors (Lipinski definition) is 3. The van der Waals surface area contributed by atoms with Gasteiger partial charge in [0.25, 0.3) is 5.91 Å². The zero-order valence-electron chi connectivity index (χ0n) is 14.0. The van der Waals surface area contributed by atoms with Crippen molar-refractivity contribution in [2.75, 3.05) is 6.54 Å². The largest absolute Gasteiger partial charge is 0.348 e. The summed E-state index contributed by atoms with van der Waals surface area (Å²) >= 11 is 0. The van der Waals surface area contributed by atoms with Crippen LogP contribution < -0.4 is 5.32 Å². The molecule has 0 spiro atoms. The van der Waals surface area contributed by atoms with Gasteiger partial charge in [-0.15, -0.1) is 0 Å². The molecule has 0 bridgehead atoms. The molecule has 1 N–H and O–H groups in total. The number of imide groups is 1. The summed E-state index contributed by atoms with van der Waals surface area (Å²) in [6, 6.07) is 9.04. The maximum atomic E-state index is 13.8. The molecule has 26 heavy (non-hydrogen) atoms. The lowest BCUT2D eigenvalue weighted by Crippen LogP contribution is -2.47. The Labute approximate surface area is 148 Å². The highest BCUT2D eigenvalue weighted by atomic mass is 19.1. The second-order valence-electron chi connectivity index (χ2n) is 6.07. The summed E-state index contributed by atoms with van der Waals surface area (Å²) in [4.78, 5) is 37.7. The second-order valence-corrected chi connectivity index (χ2v) is 6.07. The first-order valence-corrected chi connectivity index (χ1v) is 8.03. The Morgan fingerprint density at radius 2 is 1.92 bits per heavy atom. The summed E-state index contributed by atoms with van der Waals surface area (Å²) in [5.41, 5.74) is 1.12. The van der Waals surface area contributed by atoms with Gasteiger partial charge in [0, 0.05) is 17.2 Å². The van der Waals surface area contributed by atoms with Crippen LogP contribution in [0, 0.1) is 11.6 Å². The lowest BCUT2D eigenvalue weighted by Gasteiger charge is -2.27. The average Bonchev–Trinajstić information content (AvgIpc) is 2.58. The van der Waals surface area contributed by atoms with Crippen LogP contribution in [0.5, 0.6) is 0 Å². The monoisotopic (exact) mass is 358 g/mol. The van der Waals surface area contributed by atoms with Crippen molar-refractivity contribution < 1.29 is 23.2 Å². The van der Waals surface area contributed by atoms with Crippen LogP contribution in [0.2, 0.25) is 0 Å². The first-order valence-electron chi connectivity index (χ1n) is 8.03. The molecule has 1 atom stereocenters. The molecule has 3 amide bonds. The number of benzene rings is 2. The van der Waals surface area contributed by atoms with Gasteiger partial charge in [-0.25, -0.2) is 8.78 Å². The Hall–Kier alpha value is -3.09. The molecule has 3 rings (SSSR count). The average molecular weight is 358 g/mol. The number of fused-ring (bicyclic) bond motifs is 1. The topological polar surface area (TPSA) is 66.5 Å². The van der Waals surface area contributed by atoms with Gasteiger partial charge in [0.05, 0.1) is 12.5 Å². The fraction of sp³-hybridized carbons (Fsp3) is 0.211. The molecule has 2 aromatic carbocycles. The van der Waals surface area contributed by atoms with Gasteiger partial charge in [0.15, 0.2) is 0 Å². The molecule has 1 heterocycles. The predicted molar refractivity (Wildman–Crippen MR) is 89.1 cm³/mol. The third-order valence-corrected chi connectivity index (χ3v) is 4.24. The molecule has 134 valence electrons. The van der Waals surface area contributed by atoms with E-state index in [9.17, 15) is 23.2 Å². The fourth-order valence-corrected chi connectivity index (χ4v) is 2.92. The Kier molecular flexibility index (Phi) is 4.79. The minimum absolute atomic E-state index is 0.0390. The summed E-state index contributed by atoms with van der Waals surface area (Å²) in [6.07, 6.45) is 0.0390. The molecule has 0 fully saturated rings. The van der Waals surface area contributed by atoms with E-state index in [0.29, 0.717) is 11.1 Å². The zero-order chi connectivity index (χ0) is 18.8. The number of carbonyl (C=O) groups excluding carboxylic acids is 3. The number of nitrogens with one attached hydrogen (secondary N) is 1. The Morgan fingerprint density at radius 3 is 2.65 bits per heavy atom. The molecule has 0 aromatic heterocycles. The van der Waals surface area contributed by atoms with Crippen LogP contribution in [0.3, 0.4) is 0 Å². The molecule has 0 unspecified atom stereocenters. The van der Waals surface area contributed by atoms with Crippen molar-refractivity contribution in [2.45, 2.75) is 19.4 Å². The molecular weight excluding hydrogens is 342 g/mol. The van der Waals surface area contributed by atoms with E-state index >= 15 is 0 Å². The van der Waals surface area contributed by atoms with Gasteiger partial charge >= 0.3 is 0 Å². The number of halogens is 2. The van der Waals surface area contributed by atoms with E-state index < -0.39 is 41.9 Å². The summed E-state index contributed by atoms with van der Waals surface area (Å²) in [5.74, 6) is -3.11. The molecule has 0 radical (unpaired) electrons. The highest BCUT2D eigenvalue weighted by Gasteiger charge is 2.32. The van der Waals surface area contributed by atoms with Crippen LogP contribution in [-0.4, -0.2) is 29.2 Å². The van der Waals surface area contributed by atoms with E-state index in [1.54, 1.807) is 24.3 Å². The highest BCUT2D eigenvalue weighted by molar-refractivity contribution is 6.11. The predicted octanol–water partition coefficient (Wildman–Crippen LogP) is 2.37. The maximum Gasteiger partial charge on any atom is 0.261 e. The SMILES string of the molecule is C[C@H](NC(=O)CN1C(=O)Cc2ccccc2C1=O)c1ccc(F)cc1F. The van der Waals surface area contributed by atoms with Gasteiger partial charge < -0.3 is 5.32 Å². The van der Waals surface area contributed by atoms with Gasteiger partial charge in [-0.05, 0) is 24.6 Å². The van der Waals surface area contributed by atoms with E-state index in [2.05, 4.69) is 5.32 Å². The van der Waals surface area contributed by atoms with Crippen LogP contribution in [0.15, 0.2) is 42.5 Å². The maximum absolute atomic E-state index is 13.8. The molecule has 2 aromatic rings. The molecule has 1 aliphatic rings. The molecule has 1 aliphatic heterocycles. The van der Waals surface area contributed by atoms with E-state index in [4.69, 9.17) is 0 Å². The quantitative estimate of drug-likeness (QED) is 0.854. The van der Waals surface area contributed by atoms with E-state index in [1.807, 2.05) is 0 Å². The van der Waals surface area contributed by atoms with Crippen molar-refractivity contribution in [1.29, 1.82) is 0 Å². The first-order chi connectivity index (χ1) is 12.4. The van der Waals surface area contributed by atoms with Gasteiger partial charge in [-0.3, -0.25) is 19.3 Å². The number of rotatable bonds is 4. The number of carbonyl (C=O) groups is 3. The van der Waals surface area contributed by atoms with Crippen molar-refractivity contribution in [2.24, 2.45) is 0 Å². The standard InChI is InChI=1S/C19H16F2N2O3/c1-11(14-7-6-13(20)9-16(14)21)22-17(24)10-23-18(25)8-12-4-2-3-5-15(12)19(23)26/h2-7,9,11H,8,10H2,1H3,(H,22,24)/t11-/m0/s1. The Balaban J connectivity index is 1.70. The Bertz CT molecular complexity index is 898. The summed E-state index contributed by atoms with van der Waals surface area (Å²) in [6.45, 7) is 1.07. The van der Waals surface area contributed by atoms with Crippen molar-refractivity contribution in [1.82, 2.24) is 10.2 Å². The zero-order valence-corrected chi connectivity index (χ0v) is 14.0. The van der Waals surface area contributed by atoms with E-state index in [1.165, 1.54) is 13.0 Å². The summed E-state index contributed by atoms with van der Waals surface area (Å²) in [7, 11) is 0. The van der Waals surface area contributed by atoms with Crippen LogP contribution >= 0.6 is 0 Å². The van der Waals surface area contributed by atoms with E-state index in [0.717, 1.165) is 17.0 Å². The molecule has 5 nitrogen and oxygen atoms in total. The van der Waals surface area contributed by atoms with Crippen LogP contribution in [0.4, 0.5) is 8.78 Å². The molecular formula is C19H16F2N2O3. The van der Waals surface area contributed by atoms with E-state index in [-0.39, 0.29) is 12.0 Å². The van der Waals surface area contributed by atoms with Gasteiger partial charge in [0.2, 0.25) is 11.8 Å². The fourth-order valence-electron chi connectivity index (χ4n) is 2.92. The van der Waals surface area contributed by atoms with Crippen molar-refractivity contribution in [3.05, 3.63) is 70.8 Å². The smallest absolute Gasteiger partial charge is 0.261 e. The third-order valence-electron chi connectivity index (χ3n) is 4.24.